The molecule has 0 spiro atoms. The molecule has 1 unspecified atom stereocenters. The third-order valence-corrected chi connectivity index (χ3v) is 2.50. The zero-order chi connectivity index (χ0) is 12.4. The van der Waals surface area contributed by atoms with Gasteiger partial charge < -0.3 is 5.11 Å². The van der Waals surface area contributed by atoms with Crippen molar-refractivity contribution in [2.24, 2.45) is 5.92 Å². The fourth-order valence-corrected chi connectivity index (χ4v) is 1.75. The van der Waals surface area contributed by atoms with Crippen LogP contribution in [0.15, 0.2) is 12.4 Å². The molecule has 0 fully saturated rings. The number of carbonyl (C=O) groups is 1. The van der Waals surface area contributed by atoms with Crippen LogP contribution in [0.2, 0.25) is 0 Å². The standard InChI is InChI=1S/C10H13N5O2/c1-6(2)3-7(10(16)17)8-4-11-5-9-12-13-14-15(8)9/h4-7H,3H2,1-2H3,(H,16,17). The van der Waals surface area contributed by atoms with Crippen LogP contribution in [0.1, 0.15) is 31.9 Å². The summed E-state index contributed by atoms with van der Waals surface area (Å²) in [7, 11) is 0. The number of hydrogen-bond donors (Lipinski definition) is 1. The fourth-order valence-electron chi connectivity index (χ4n) is 1.75. The van der Waals surface area contributed by atoms with Gasteiger partial charge in [0, 0.05) is 6.20 Å². The second-order valence-corrected chi connectivity index (χ2v) is 4.30. The maximum absolute atomic E-state index is 11.3. The lowest BCUT2D eigenvalue weighted by molar-refractivity contribution is -0.139. The zero-order valence-electron chi connectivity index (χ0n) is 9.61. The Morgan fingerprint density at radius 2 is 2.24 bits per heavy atom. The van der Waals surface area contributed by atoms with E-state index in [0.717, 1.165) is 0 Å². The largest absolute Gasteiger partial charge is 0.481 e. The Morgan fingerprint density at radius 3 is 2.88 bits per heavy atom. The normalized spacial score (nSPS) is 13.1. The van der Waals surface area contributed by atoms with Crippen LogP contribution in [0.4, 0.5) is 0 Å². The molecule has 7 heteroatoms. The van der Waals surface area contributed by atoms with Crippen LogP contribution in [-0.2, 0) is 4.79 Å². The van der Waals surface area contributed by atoms with Crippen LogP contribution in [0.25, 0.3) is 5.65 Å². The van der Waals surface area contributed by atoms with Gasteiger partial charge in [0.1, 0.15) is 5.92 Å². The highest BCUT2D eigenvalue weighted by molar-refractivity contribution is 5.75. The minimum absolute atomic E-state index is 0.267. The predicted molar refractivity (Wildman–Crippen MR) is 58.4 cm³/mol. The van der Waals surface area contributed by atoms with Crippen molar-refractivity contribution in [1.29, 1.82) is 0 Å². The number of aromatic nitrogens is 5. The van der Waals surface area contributed by atoms with Gasteiger partial charge in [-0.25, -0.2) is 0 Å². The number of carboxylic acid groups (broad SMARTS) is 1. The maximum atomic E-state index is 11.3. The van der Waals surface area contributed by atoms with Gasteiger partial charge in [0.25, 0.3) is 0 Å². The van der Waals surface area contributed by atoms with Gasteiger partial charge in [-0.15, -0.1) is 5.10 Å². The Hall–Kier alpha value is -2.05. The van der Waals surface area contributed by atoms with E-state index in [1.807, 2.05) is 13.8 Å². The van der Waals surface area contributed by atoms with Crippen molar-refractivity contribution in [1.82, 2.24) is 25.0 Å². The molecule has 1 atom stereocenters. The van der Waals surface area contributed by atoms with E-state index in [2.05, 4.69) is 20.5 Å². The van der Waals surface area contributed by atoms with Crippen LogP contribution in [0, 0.1) is 5.92 Å². The molecular formula is C10H13N5O2. The third-order valence-electron chi connectivity index (χ3n) is 2.50. The summed E-state index contributed by atoms with van der Waals surface area (Å²) in [5.41, 5.74) is 0.964. The quantitative estimate of drug-likeness (QED) is 0.839. The molecule has 0 aliphatic rings. The summed E-state index contributed by atoms with van der Waals surface area (Å²) >= 11 is 0. The number of nitrogens with zero attached hydrogens (tertiary/aromatic N) is 5. The minimum atomic E-state index is -0.886. The van der Waals surface area contributed by atoms with Gasteiger partial charge >= 0.3 is 5.97 Å². The summed E-state index contributed by atoms with van der Waals surface area (Å²) in [4.78, 5) is 15.3. The Bertz CT molecular complexity index is 536. The smallest absolute Gasteiger partial charge is 0.312 e. The lowest BCUT2D eigenvalue weighted by Gasteiger charge is -2.14. The van der Waals surface area contributed by atoms with Crippen LogP contribution >= 0.6 is 0 Å². The van der Waals surface area contributed by atoms with Gasteiger partial charge in [-0.1, -0.05) is 13.8 Å². The van der Waals surface area contributed by atoms with Crippen molar-refractivity contribution in [2.75, 3.05) is 0 Å². The van der Waals surface area contributed by atoms with Gasteiger partial charge in [0.05, 0.1) is 11.9 Å². The van der Waals surface area contributed by atoms with Crippen molar-refractivity contribution in [3.63, 3.8) is 0 Å². The van der Waals surface area contributed by atoms with Gasteiger partial charge in [-0.2, -0.15) is 4.52 Å². The summed E-state index contributed by atoms with van der Waals surface area (Å²) in [5.74, 6) is -1.26. The third kappa shape index (κ3) is 2.22. The monoisotopic (exact) mass is 235 g/mol. The van der Waals surface area contributed by atoms with Gasteiger partial charge in [-0.05, 0) is 22.8 Å². The number of hydrogen-bond acceptors (Lipinski definition) is 5. The van der Waals surface area contributed by atoms with Crippen LogP contribution < -0.4 is 0 Å². The fraction of sp³-hybridized carbons (Fsp3) is 0.500. The number of aliphatic carboxylic acids is 1. The molecule has 90 valence electrons. The molecule has 0 amide bonds. The molecule has 2 aromatic heterocycles. The first-order chi connectivity index (χ1) is 8.09. The molecule has 0 aromatic carbocycles. The van der Waals surface area contributed by atoms with Crippen molar-refractivity contribution in [3.05, 3.63) is 18.1 Å². The number of rotatable bonds is 4. The molecule has 17 heavy (non-hydrogen) atoms. The predicted octanol–water partition coefficient (Wildman–Crippen LogP) is 0.734. The first kappa shape index (κ1) is 11.4. The molecule has 0 aliphatic heterocycles. The topological polar surface area (TPSA) is 93.3 Å². The van der Waals surface area contributed by atoms with Crippen molar-refractivity contribution in [3.8, 4) is 0 Å². The van der Waals surface area contributed by atoms with Crippen molar-refractivity contribution < 1.29 is 9.90 Å². The van der Waals surface area contributed by atoms with Crippen LogP contribution in [-0.4, -0.2) is 36.1 Å². The Balaban J connectivity index is 2.48. The summed E-state index contributed by atoms with van der Waals surface area (Å²) in [6.07, 6.45) is 3.53. The molecule has 2 heterocycles. The lowest BCUT2D eigenvalue weighted by atomic mass is 9.94. The van der Waals surface area contributed by atoms with E-state index < -0.39 is 11.9 Å². The van der Waals surface area contributed by atoms with E-state index in [4.69, 9.17) is 0 Å². The van der Waals surface area contributed by atoms with Crippen LogP contribution in [0.5, 0.6) is 0 Å². The average Bonchev–Trinajstić information content (AvgIpc) is 2.73. The highest BCUT2D eigenvalue weighted by Gasteiger charge is 2.24. The molecule has 1 N–H and O–H groups in total. The summed E-state index contributed by atoms with van der Waals surface area (Å²) in [5, 5.41) is 20.3. The van der Waals surface area contributed by atoms with Gasteiger partial charge in [0.15, 0.2) is 5.65 Å². The summed E-state index contributed by atoms with van der Waals surface area (Å²) in [6.45, 7) is 3.95. The Labute approximate surface area is 97.5 Å². The number of tetrazole rings is 1. The first-order valence-corrected chi connectivity index (χ1v) is 5.34. The second kappa shape index (κ2) is 4.44. The van der Waals surface area contributed by atoms with E-state index in [-0.39, 0.29) is 5.92 Å². The summed E-state index contributed by atoms with van der Waals surface area (Å²) < 4.78 is 1.42. The molecule has 7 nitrogen and oxygen atoms in total. The van der Waals surface area contributed by atoms with Gasteiger partial charge in [-0.3, -0.25) is 9.78 Å². The molecule has 2 rings (SSSR count). The Kier molecular flexibility index (Phi) is 2.99. The Morgan fingerprint density at radius 1 is 1.47 bits per heavy atom. The van der Waals surface area contributed by atoms with E-state index in [1.165, 1.54) is 16.9 Å². The highest BCUT2D eigenvalue weighted by atomic mass is 16.4. The lowest BCUT2D eigenvalue weighted by Crippen LogP contribution is -2.18. The van der Waals surface area contributed by atoms with Crippen molar-refractivity contribution >= 4 is 11.6 Å². The molecule has 0 saturated carbocycles. The van der Waals surface area contributed by atoms with E-state index in [1.54, 1.807) is 0 Å². The average molecular weight is 235 g/mol. The number of fused-ring (bicyclic) bond motifs is 1. The van der Waals surface area contributed by atoms with Crippen LogP contribution in [0.3, 0.4) is 0 Å². The molecular weight excluding hydrogens is 222 g/mol. The van der Waals surface area contributed by atoms with E-state index >= 15 is 0 Å². The molecule has 0 radical (unpaired) electrons. The second-order valence-electron chi connectivity index (χ2n) is 4.30. The molecule has 0 saturated heterocycles. The SMILES string of the molecule is CC(C)CC(C(=O)O)c1cncc2nnnn12. The minimum Gasteiger partial charge on any atom is -0.481 e. The highest BCUT2D eigenvalue weighted by Crippen LogP contribution is 2.23. The molecule has 0 aliphatic carbocycles. The van der Waals surface area contributed by atoms with Gasteiger partial charge in [0.2, 0.25) is 0 Å². The molecule has 0 bridgehead atoms. The number of carboxylic acids is 1. The maximum Gasteiger partial charge on any atom is 0.312 e. The van der Waals surface area contributed by atoms with Crippen molar-refractivity contribution in [2.45, 2.75) is 26.2 Å². The first-order valence-electron chi connectivity index (χ1n) is 5.34. The van der Waals surface area contributed by atoms with E-state index in [9.17, 15) is 9.90 Å². The summed E-state index contributed by atoms with van der Waals surface area (Å²) in [6, 6.07) is 0. The zero-order valence-corrected chi connectivity index (χ0v) is 9.61. The molecule has 2 aromatic rings. The van der Waals surface area contributed by atoms with E-state index in [0.29, 0.717) is 17.8 Å².